The molecule has 0 saturated heterocycles. The maximum atomic E-state index is 14.0. The smallest absolute Gasteiger partial charge is 0.271 e. The van der Waals surface area contributed by atoms with Gasteiger partial charge in [0.05, 0.1) is 22.6 Å². The van der Waals surface area contributed by atoms with Gasteiger partial charge in [0.15, 0.2) is 10.6 Å². The number of non-ortho nitro benzene ring substituents is 1. The summed E-state index contributed by atoms with van der Waals surface area (Å²) in [5, 5.41) is 12.8. The number of hydrogen-bond acceptors (Lipinski definition) is 8. The number of nitrogens with zero attached hydrogens (tertiary/aromatic N) is 3. The van der Waals surface area contributed by atoms with Gasteiger partial charge in [-0.15, -0.1) is 0 Å². The van der Waals surface area contributed by atoms with Crippen LogP contribution < -0.4 is 19.6 Å². The standard InChI is InChI=1S/C31H23N3O6S/c1-17-27(18(2)35)29(28-23-7-5-4-6-19(23)10-14-25(28)39-3)33-30(36)26(41-31(33)32-17)16-22-13-15-24(40-22)20-8-11-21(12-9-20)34(37)38/h4-16,29H,1-3H3/b26-16+/t29-/m1/s1. The number of benzene rings is 3. The molecular weight excluding hydrogens is 542 g/mol. The first-order valence-electron chi connectivity index (χ1n) is 12.7. The zero-order valence-corrected chi connectivity index (χ0v) is 23.1. The van der Waals surface area contributed by atoms with E-state index in [1.807, 2.05) is 36.4 Å². The summed E-state index contributed by atoms with van der Waals surface area (Å²) >= 11 is 1.21. The number of rotatable bonds is 6. The van der Waals surface area contributed by atoms with E-state index in [0.717, 1.165) is 16.3 Å². The number of Topliss-reactive ketones (excluding diaryl/α,β-unsaturated/α-hetero) is 1. The van der Waals surface area contributed by atoms with Gasteiger partial charge in [0.1, 0.15) is 17.3 Å². The summed E-state index contributed by atoms with van der Waals surface area (Å²) in [6, 6.07) is 20.4. The molecular formula is C31H23N3O6S. The lowest BCUT2D eigenvalue weighted by Crippen LogP contribution is -2.39. The number of ketones is 1. The predicted molar refractivity (Wildman–Crippen MR) is 156 cm³/mol. The second-order valence-corrected chi connectivity index (χ2v) is 10.6. The van der Waals surface area contributed by atoms with Crippen molar-refractivity contribution in [1.29, 1.82) is 0 Å². The molecule has 5 aromatic rings. The number of ether oxygens (including phenoxy) is 1. The maximum Gasteiger partial charge on any atom is 0.271 e. The van der Waals surface area contributed by atoms with Crippen LogP contribution in [-0.2, 0) is 4.79 Å². The van der Waals surface area contributed by atoms with Gasteiger partial charge in [-0.1, -0.05) is 41.7 Å². The summed E-state index contributed by atoms with van der Waals surface area (Å²) in [6.07, 6.45) is 1.64. The average Bonchev–Trinajstić information content (AvgIpc) is 3.55. The molecule has 0 bridgehead atoms. The quantitative estimate of drug-likeness (QED) is 0.208. The van der Waals surface area contributed by atoms with Gasteiger partial charge in [0.2, 0.25) is 0 Å². The van der Waals surface area contributed by atoms with Crippen LogP contribution in [0.15, 0.2) is 98.3 Å². The molecule has 0 amide bonds. The highest BCUT2D eigenvalue weighted by molar-refractivity contribution is 7.07. The minimum Gasteiger partial charge on any atom is -0.496 e. The molecule has 2 aromatic heterocycles. The number of nitro groups is 1. The lowest BCUT2D eigenvalue weighted by Gasteiger charge is -2.27. The first-order chi connectivity index (χ1) is 19.8. The van der Waals surface area contributed by atoms with E-state index >= 15 is 0 Å². The van der Waals surface area contributed by atoms with Crippen LogP contribution in [0.25, 0.3) is 28.2 Å². The van der Waals surface area contributed by atoms with Gasteiger partial charge in [-0.3, -0.25) is 24.3 Å². The Hall–Kier alpha value is -5.09. The Labute approximate surface area is 237 Å². The number of allylic oxidation sites excluding steroid dienone is 2. The van der Waals surface area contributed by atoms with Crippen LogP contribution in [0.3, 0.4) is 0 Å². The summed E-state index contributed by atoms with van der Waals surface area (Å²) in [5.41, 5.74) is 2.03. The molecule has 1 aliphatic rings. The van der Waals surface area contributed by atoms with Gasteiger partial charge in [0, 0.05) is 40.6 Å². The molecule has 0 spiro atoms. The summed E-state index contributed by atoms with van der Waals surface area (Å²) in [4.78, 5) is 42.6. The fourth-order valence-electron chi connectivity index (χ4n) is 5.24. The summed E-state index contributed by atoms with van der Waals surface area (Å²) < 4.78 is 13.7. The van der Waals surface area contributed by atoms with Crippen molar-refractivity contribution in [3.8, 4) is 17.1 Å². The van der Waals surface area contributed by atoms with Crippen LogP contribution in [0, 0.1) is 10.1 Å². The van der Waals surface area contributed by atoms with Gasteiger partial charge < -0.3 is 9.15 Å². The van der Waals surface area contributed by atoms with Crippen LogP contribution in [0.5, 0.6) is 5.75 Å². The molecule has 3 aromatic carbocycles. The molecule has 0 saturated carbocycles. The number of fused-ring (bicyclic) bond motifs is 2. The molecule has 9 nitrogen and oxygen atoms in total. The van der Waals surface area contributed by atoms with Crippen LogP contribution in [0.1, 0.15) is 31.2 Å². The second kappa shape index (κ2) is 10.1. The Morgan fingerprint density at radius 3 is 2.56 bits per heavy atom. The topological polar surface area (TPSA) is 117 Å². The number of carbonyl (C=O) groups excluding carboxylic acids is 1. The number of furan rings is 1. The number of nitro benzene ring substituents is 1. The van der Waals surface area contributed by atoms with Crippen LogP contribution in [-0.4, -0.2) is 22.4 Å². The molecule has 1 aliphatic heterocycles. The molecule has 0 radical (unpaired) electrons. The molecule has 0 N–H and O–H groups in total. The lowest BCUT2D eigenvalue weighted by molar-refractivity contribution is -0.384. The zero-order valence-electron chi connectivity index (χ0n) is 22.3. The molecule has 1 atom stereocenters. The predicted octanol–water partition coefficient (Wildman–Crippen LogP) is 5.15. The highest BCUT2D eigenvalue weighted by Crippen LogP contribution is 2.40. The number of carbonyl (C=O) groups is 1. The largest absolute Gasteiger partial charge is 0.496 e. The number of thiazole rings is 1. The summed E-state index contributed by atoms with van der Waals surface area (Å²) in [7, 11) is 1.57. The van der Waals surface area contributed by atoms with Gasteiger partial charge in [-0.2, -0.15) is 0 Å². The van der Waals surface area contributed by atoms with E-state index in [0.29, 0.717) is 43.4 Å². The van der Waals surface area contributed by atoms with E-state index in [-0.39, 0.29) is 17.0 Å². The normalized spacial score (nSPS) is 15.1. The first-order valence-corrected chi connectivity index (χ1v) is 13.5. The fourth-order valence-corrected chi connectivity index (χ4v) is 6.27. The van der Waals surface area contributed by atoms with E-state index < -0.39 is 11.0 Å². The number of hydrogen-bond donors (Lipinski definition) is 0. The Balaban J connectivity index is 1.52. The Bertz CT molecular complexity index is 2080. The third kappa shape index (κ3) is 4.48. The SMILES string of the molecule is COc1ccc2ccccc2c1[C@H]1C(C(C)=O)=C(C)N=c2s/c(=C/c3ccc(-c4ccc([N+](=O)[O-])cc4)o3)c(=O)n21. The van der Waals surface area contributed by atoms with Crippen LogP contribution in [0.4, 0.5) is 5.69 Å². The van der Waals surface area contributed by atoms with Gasteiger partial charge >= 0.3 is 0 Å². The van der Waals surface area contributed by atoms with E-state index in [2.05, 4.69) is 4.99 Å². The molecule has 204 valence electrons. The van der Waals surface area contributed by atoms with Crippen molar-refractivity contribution in [3.63, 3.8) is 0 Å². The molecule has 41 heavy (non-hydrogen) atoms. The monoisotopic (exact) mass is 565 g/mol. The fraction of sp³-hybridized carbons (Fsp3) is 0.129. The molecule has 10 heteroatoms. The van der Waals surface area contributed by atoms with Gasteiger partial charge in [-0.25, -0.2) is 4.99 Å². The number of methoxy groups -OCH3 is 1. The zero-order chi connectivity index (χ0) is 28.8. The minimum atomic E-state index is -0.737. The lowest BCUT2D eigenvalue weighted by atomic mass is 9.89. The highest BCUT2D eigenvalue weighted by Gasteiger charge is 2.33. The average molecular weight is 566 g/mol. The van der Waals surface area contributed by atoms with Crippen molar-refractivity contribution in [3.05, 3.63) is 125 Å². The molecule has 3 heterocycles. The summed E-state index contributed by atoms with van der Waals surface area (Å²) in [5.74, 6) is 1.33. The van der Waals surface area contributed by atoms with Crippen molar-refractivity contribution in [2.75, 3.05) is 7.11 Å². The highest BCUT2D eigenvalue weighted by atomic mass is 32.1. The van der Waals surface area contributed by atoms with Gasteiger partial charge in [-0.05, 0) is 55.0 Å². The third-order valence-electron chi connectivity index (χ3n) is 7.09. The second-order valence-electron chi connectivity index (χ2n) is 9.55. The van der Waals surface area contributed by atoms with Crippen LogP contribution in [0.2, 0.25) is 0 Å². The molecule has 0 unspecified atom stereocenters. The molecule has 0 aliphatic carbocycles. The van der Waals surface area contributed by atoms with E-state index in [9.17, 15) is 19.7 Å². The van der Waals surface area contributed by atoms with Crippen molar-refractivity contribution in [1.82, 2.24) is 4.57 Å². The first kappa shape index (κ1) is 26.1. The van der Waals surface area contributed by atoms with Crippen molar-refractivity contribution in [2.24, 2.45) is 4.99 Å². The van der Waals surface area contributed by atoms with Crippen molar-refractivity contribution < 1.29 is 18.9 Å². The van der Waals surface area contributed by atoms with E-state index in [1.165, 1.54) is 30.4 Å². The third-order valence-corrected chi connectivity index (χ3v) is 8.07. The molecule has 0 fully saturated rings. The van der Waals surface area contributed by atoms with Crippen molar-refractivity contribution in [2.45, 2.75) is 19.9 Å². The van der Waals surface area contributed by atoms with Crippen molar-refractivity contribution >= 4 is 39.7 Å². The Kier molecular flexibility index (Phi) is 6.47. The Morgan fingerprint density at radius 1 is 1.10 bits per heavy atom. The maximum absolute atomic E-state index is 14.0. The number of aromatic nitrogens is 1. The Morgan fingerprint density at radius 2 is 1.85 bits per heavy atom. The van der Waals surface area contributed by atoms with E-state index in [1.54, 1.807) is 48.9 Å². The van der Waals surface area contributed by atoms with E-state index in [4.69, 9.17) is 9.15 Å². The molecule has 6 rings (SSSR count). The van der Waals surface area contributed by atoms with Crippen LogP contribution >= 0.6 is 11.3 Å². The minimum absolute atomic E-state index is 0.0146. The van der Waals surface area contributed by atoms with Gasteiger partial charge in [0.25, 0.3) is 11.2 Å². The summed E-state index contributed by atoms with van der Waals surface area (Å²) in [6.45, 7) is 3.26.